The van der Waals surface area contributed by atoms with Gasteiger partial charge in [0.05, 0.1) is 30.0 Å². The van der Waals surface area contributed by atoms with E-state index in [9.17, 15) is 19.5 Å². The molecule has 3 N–H and O–H groups in total. The summed E-state index contributed by atoms with van der Waals surface area (Å²) in [5.74, 6) is -1.59. The molecule has 7 nitrogen and oxygen atoms in total. The smallest absolute Gasteiger partial charge is 0.309 e. The highest BCUT2D eigenvalue weighted by atomic mass is 16.5. The molecule has 1 aliphatic carbocycles. The Bertz CT molecular complexity index is 915. The molecular formula is C29H42N2O5. The molecule has 1 heterocycles. The van der Waals surface area contributed by atoms with Crippen molar-refractivity contribution in [3.05, 3.63) is 48.0 Å². The Morgan fingerprint density at radius 2 is 1.72 bits per heavy atom. The number of rotatable bonds is 6. The molecule has 3 rings (SSSR count). The molecule has 1 aromatic rings. The van der Waals surface area contributed by atoms with E-state index in [-0.39, 0.29) is 54.8 Å². The third-order valence-corrected chi connectivity index (χ3v) is 7.49. The van der Waals surface area contributed by atoms with Gasteiger partial charge in [-0.3, -0.25) is 14.4 Å². The summed E-state index contributed by atoms with van der Waals surface area (Å²) in [5.41, 5.74) is 0.157. The number of aliphatic hydroxyl groups is 1. The van der Waals surface area contributed by atoms with Gasteiger partial charge in [0.2, 0.25) is 11.8 Å². The van der Waals surface area contributed by atoms with Crippen LogP contribution in [0.2, 0.25) is 0 Å². The first-order valence-corrected chi connectivity index (χ1v) is 13.2. The van der Waals surface area contributed by atoms with Crippen LogP contribution in [0, 0.1) is 17.3 Å². The zero-order chi connectivity index (χ0) is 26.2. The van der Waals surface area contributed by atoms with Gasteiger partial charge in [-0.1, -0.05) is 76.1 Å². The average Bonchev–Trinajstić information content (AvgIpc) is 3.30. The summed E-state index contributed by atoms with van der Waals surface area (Å²) in [7, 11) is 0. The molecule has 1 aromatic carbocycles. The van der Waals surface area contributed by atoms with Crippen LogP contribution in [0.15, 0.2) is 42.5 Å². The SMILES string of the molecule is CC(C)(C)C1COC(=O)C(Cc2ccccc2)CC=CCC(CC(=O)NC2(CO)CCCC2)C(=O)N1. The number of carbonyl (C=O) groups excluding carboxylic acids is 3. The van der Waals surface area contributed by atoms with Crippen LogP contribution in [0.3, 0.4) is 0 Å². The van der Waals surface area contributed by atoms with Crippen molar-refractivity contribution in [1.82, 2.24) is 10.6 Å². The van der Waals surface area contributed by atoms with Gasteiger partial charge in [0.15, 0.2) is 0 Å². The van der Waals surface area contributed by atoms with Crippen molar-refractivity contribution in [2.75, 3.05) is 13.2 Å². The van der Waals surface area contributed by atoms with Crippen molar-refractivity contribution >= 4 is 17.8 Å². The lowest BCUT2D eigenvalue weighted by atomic mass is 9.86. The number of allylic oxidation sites excluding steroid dienone is 2. The second-order valence-electron chi connectivity index (χ2n) is 11.5. The second kappa shape index (κ2) is 12.5. The number of benzene rings is 1. The van der Waals surface area contributed by atoms with Crippen LogP contribution in [0.1, 0.15) is 71.3 Å². The van der Waals surface area contributed by atoms with E-state index in [4.69, 9.17) is 4.74 Å². The molecule has 1 aliphatic heterocycles. The van der Waals surface area contributed by atoms with Gasteiger partial charge in [0.25, 0.3) is 0 Å². The molecule has 3 unspecified atom stereocenters. The maximum atomic E-state index is 13.3. The molecule has 1 saturated carbocycles. The van der Waals surface area contributed by atoms with Gasteiger partial charge in [-0.2, -0.15) is 0 Å². The number of amides is 2. The number of nitrogens with one attached hydrogen (secondary N) is 2. The number of aliphatic hydroxyl groups excluding tert-OH is 1. The summed E-state index contributed by atoms with van der Waals surface area (Å²) in [6, 6.07) is 9.48. The quantitative estimate of drug-likeness (QED) is 0.410. The third kappa shape index (κ3) is 7.92. The van der Waals surface area contributed by atoms with Gasteiger partial charge in [-0.15, -0.1) is 0 Å². The molecular weight excluding hydrogens is 456 g/mol. The molecule has 0 aromatic heterocycles. The first kappa shape index (κ1) is 27.9. The Hall–Kier alpha value is -2.67. The summed E-state index contributed by atoms with van der Waals surface area (Å²) < 4.78 is 5.73. The van der Waals surface area contributed by atoms with E-state index < -0.39 is 11.5 Å². The Kier molecular flexibility index (Phi) is 9.71. The summed E-state index contributed by atoms with van der Waals surface area (Å²) in [6.07, 6.45) is 8.80. The lowest BCUT2D eigenvalue weighted by Gasteiger charge is -2.33. The van der Waals surface area contributed by atoms with Crippen molar-refractivity contribution < 1.29 is 24.2 Å². The van der Waals surface area contributed by atoms with Crippen molar-refractivity contribution in [1.29, 1.82) is 0 Å². The first-order valence-electron chi connectivity index (χ1n) is 13.2. The number of esters is 1. The lowest BCUT2D eigenvalue weighted by Crippen LogP contribution is -2.52. The molecule has 198 valence electrons. The predicted molar refractivity (Wildman–Crippen MR) is 139 cm³/mol. The fourth-order valence-corrected chi connectivity index (χ4v) is 4.99. The Morgan fingerprint density at radius 1 is 1.08 bits per heavy atom. The largest absolute Gasteiger partial charge is 0.463 e. The molecule has 0 saturated heterocycles. The van der Waals surface area contributed by atoms with Gasteiger partial charge in [0, 0.05) is 6.42 Å². The monoisotopic (exact) mass is 498 g/mol. The Balaban J connectivity index is 1.76. The third-order valence-electron chi connectivity index (χ3n) is 7.49. The number of hydrogen-bond acceptors (Lipinski definition) is 5. The second-order valence-corrected chi connectivity index (χ2v) is 11.5. The van der Waals surface area contributed by atoms with Crippen LogP contribution in [0.4, 0.5) is 0 Å². The number of ether oxygens (including phenoxy) is 1. The average molecular weight is 499 g/mol. The maximum absolute atomic E-state index is 13.3. The van der Waals surface area contributed by atoms with E-state index in [0.717, 1.165) is 31.2 Å². The highest BCUT2D eigenvalue weighted by Crippen LogP contribution is 2.30. The minimum atomic E-state index is -0.568. The van der Waals surface area contributed by atoms with Gasteiger partial charge in [-0.05, 0) is 43.1 Å². The van der Waals surface area contributed by atoms with E-state index in [0.29, 0.717) is 19.3 Å². The first-order chi connectivity index (χ1) is 17.1. The summed E-state index contributed by atoms with van der Waals surface area (Å²) in [6.45, 7) is 5.97. The molecule has 0 radical (unpaired) electrons. The topological polar surface area (TPSA) is 105 Å². The summed E-state index contributed by atoms with van der Waals surface area (Å²) in [5, 5.41) is 15.9. The minimum Gasteiger partial charge on any atom is -0.463 e. The molecule has 1 fully saturated rings. The molecule has 2 amide bonds. The highest BCUT2D eigenvalue weighted by molar-refractivity contribution is 5.86. The van der Waals surface area contributed by atoms with Crippen molar-refractivity contribution in [2.45, 2.75) is 83.7 Å². The van der Waals surface area contributed by atoms with E-state index in [1.165, 1.54) is 0 Å². The molecule has 36 heavy (non-hydrogen) atoms. The zero-order valence-corrected chi connectivity index (χ0v) is 21.9. The molecule has 0 bridgehead atoms. The number of hydrogen-bond donors (Lipinski definition) is 3. The van der Waals surface area contributed by atoms with Gasteiger partial charge < -0.3 is 20.5 Å². The number of cyclic esters (lactones) is 1. The highest BCUT2D eigenvalue weighted by Gasteiger charge is 2.36. The fourth-order valence-electron chi connectivity index (χ4n) is 4.99. The van der Waals surface area contributed by atoms with E-state index in [1.54, 1.807) is 0 Å². The molecule has 0 spiro atoms. The van der Waals surface area contributed by atoms with Gasteiger partial charge in [-0.25, -0.2) is 0 Å². The summed E-state index contributed by atoms with van der Waals surface area (Å²) in [4.78, 5) is 39.2. The van der Waals surface area contributed by atoms with Gasteiger partial charge >= 0.3 is 5.97 Å². The molecule has 2 aliphatic rings. The van der Waals surface area contributed by atoms with Crippen LogP contribution < -0.4 is 10.6 Å². The lowest BCUT2D eigenvalue weighted by molar-refractivity contribution is -0.151. The van der Waals surface area contributed by atoms with E-state index in [2.05, 4.69) is 10.6 Å². The van der Waals surface area contributed by atoms with Crippen molar-refractivity contribution in [2.24, 2.45) is 17.3 Å². The predicted octanol–water partition coefficient (Wildman–Crippen LogP) is 3.70. The van der Waals surface area contributed by atoms with E-state index >= 15 is 0 Å². The molecule has 7 heteroatoms. The normalized spacial score (nSPS) is 25.3. The fraction of sp³-hybridized carbons (Fsp3) is 0.621. The zero-order valence-electron chi connectivity index (χ0n) is 21.9. The van der Waals surface area contributed by atoms with Crippen LogP contribution in [-0.4, -0.2) is 47.7 Å². The molecule has 3 atom stereocenters. The van der Waals surface area contributed by atoms with Gasteiger partial charge in [0.1, 0.15) is 6.61 Å². The van der Waals surface area contributed by atoms with Crippen LogP contribution in [0.25, 0.3) is 0 Å². The standard InChI is InChI=1S/C29H42N2O5/c1-28(2,3)24-19-36-27(35)23(17-21-11-5-4-6-12-21)14-8-7-13-22(26(34)30-24)18-25(33)31-29(20-32)15-9-10-16-29/h4-8,11-12,22-24,32H,9-10,13-20H2,1-3H3,(H,30,34)(H,31,33). The minimum absolute atomic E-state index is 0.0437. The Labute approximate surface area is 215 Å². The van der Waals surface area contributed by atoms with Crippen LogP contribution in [0.5, 0.6) is 0 Å². The number of carbonyl (C=O) groups is 3. The summed E-state index contributed by atoms with van der Waals surface area (Å²) >= 11 is 0. The van der Waals surface area contributed by atoms with Crippen LogP contribution in [-0.2, 0) is 25.5 Å². The Morgan fingerprint density at radius 3 is 2.33 bits per heavy atom. The van der Waals surface area contributed by atoms with E-state index in [1.807, 2.05) is 63.3 Å². The maximum Gasteiger partial charge on any atom is 0.309 e. The van der Waals surface area contributed by atoms with Crippen molar-refractivity contribution in [3.8, 4) is 0 Å². The van der Waals surface area contributed by atoms with Crippen LogP contribution >= 0.6 is 0 Å². The van der Waals surface area contributed by atoms with Crippen molar-refractivity contribution in [3.63, 3.8) is 0 Å².